The predicted molar refractivity (Wildman–Crippen MR) is 123 cm³/mol. The summed E-state index contributed by atoms with van der Waals surface area (Å²) in [6.07, 6.45) is 7.53. The van der Waals surface area contributed by atoms with E-state index in [1.807, 2.05) is 36.3 Å². The number of nitrogens with zero attached hydrogens (tertiary/aromatic N) is 4. The molecule has 0 N–H and O–H groups in total. The summed E-state index contributed by atoms with van der Waals surface area (Å²) < 4.78 is 28.8. The quantitative estimate of drug-likeness (QED) is 0.262. The van der Waals surface area contributed by atoms with Gasteiger partial charge in [-0.3, -0.25) is 4.68 Å². The Morgan fingerprint density at radius 3 is 2.48 bits per heavy atom. The van der Waals surface area contributed by atoms with E-state index in [1.165, 1.54) is 12.1 Å². The molecule has 162 valence electrons. The first-order chi connectivity index (χ1) is 14.8. The third-order valence-corrected chi connectivity index (χ3v) is 6.68. The van der Waals surface area contributed by atoms with E-state index < -0.39 is 8.07 Å². The second kappa shape index (κ2) is 8.64. The minimum absolute atomic E-state index is 0.300. The van der Waals surface area contributed by atoms with E-state index in [0.29, 0.717) is 18.2 Å². The molecule has 0 aliphatic heterocycles. The highest BCUT2D eigenvalue weighted by Crippen LogP contribution is 2.33. The maximum atomic E-state index is 13.2. The standard InChI is InChI=1S/C23H27FN4O2Si/c1-27-14-17(12-26-27)22-15-28(16-29-9-10-31(2,3)4)23-21(22)11-20(13-25-23)30-19-7-5-18(24)6-8-19/h5-8,11-15H,9-10,16H2,1-4H3. The summed E-state index contributed by atoms with van der Waals surface area (Å²) in [7, 11) is 0.749. The third kappa shape index (κ3) is 5.21. The van der Waals surface area contributed by atoms with Gasteiger partial charge in [-0.05, 0) is 36.4 Å². The molecular formula is C23H27FN4O2Si. The van der Waals surface area contributed by atoms with E-state index in [4.69, 9.17) is 9.47 Å². The van der Waals surface area contributed by atoms with Crippen LogP contribution in [0.3, 0.4) is 0 Å². The summed E-state index contributed by atoms with van der Waals surface area (Å²) in [6, 6.07) is 9.00. The van der Waals surface area contributed by atoms with Crippen molar-refractivity contribution in [3.8, 4) is 22.6 Å². The van der Waals surface area contributed by atoms with Crippen LogP contribution in [0.4, 0.5) is 4.39 Å². The fourth-order valence-corrected chi connectivity index (χ4v) is 4.03. The van der Waals surface area contributed by atoms with Crippen LogP contribution in [0.25, 0.3) is 22.2 Å². The summed E-state index contributed by atoms with van der Waals surface area (Å²) in [6.45, 7) is 8.19. The third-order valence-electron chi connectivity index (χ3n) is 4.98. The van der Waals surface area contributed by atoms with E-state index in [2.05, 4.69) is 29.7 Å². The number of benzene rings is 1. The molecule has 0 aliphatic carbocycles. The van der Waals surface area contributed by atoms with Gasteiger partial charge in [-0.15, -0.1) is 0 Å². The first-order valence-corrected chi connectivity index (χ1v) is 14.0. The van der Waals surface area contributed by atoms with E-state index >= 15 is 0 Å². The molecule has 0 bridgehead atoms. The monoisotopic (exact) mass is 438 g/mol. The van der Waals surface area contributed by atoms with Gasteiger partial charge < -0.3 is 14.0 Å². The number of aromatic nitrogens is 4. The fraction of sp³-hybridized carbons (Fsp3) is 0.304. The number of hydrogen-bond acceptors (Lipinski definition) is 4. The molecule has 0 spiro atoms. The number of hydrogen-bond donors (Lipinski definition) is 0. The minimum atomic E-state index is -1.14. The molecule has 0 amide bonds. The summed E-state index contributed by atoms with van der Waals surface area (Å²) in [5.74, 6) is 0.840. The molecule has 0 fully saturated rings. The highest BCUT2D eigenvalue weighted by atomic mass is 28.3. The lowest BCUT2D eigenvalue weighted by molar-refractivity contribution is 0.0899. The molecule has 0 saturated carbocycles. The van der Waals surface area contributed by atoms with Crippen molar-refractivity contribution in [1.29, 1.82) is 0 Å². The van der Waals surface area contributed by atoms with Crippen LogP contribution in [0.5, 0.6) is 11.5 Å². The number of ether oxygens (including phenoxy) is 2. The molecule has 31 heavy (non-hydrogen) atoms. The Morgan fingerprint density at radius 1 is 1.03 bits per heavy atom. The van der Waals surface area contributed by atoms with E-state index in [1.54, 1.807) is 23.0 Å². The highest BCUT2D eigenvalue weighted by Gasteiger charge is 2.16. The zero-order chi connectivity index (χ0) is 22.0. The zero-order valence-electron chi connectivity index (χ0n) is 18.3. The number of pyridine rings is 1. The van der Waals surface area contributed by atoms with Gasteiger partial charge in [-0.25, -0.2) is 9.37 Å². The summed E-state index contributed by atoms with van der Waals surface area (Å²) in [5, 5.41) is 5.25. The van der Waals surface area contributed by atoms with Crippen molar-refractivity contribution in [3.63, 3.8) is 0 Å². The van der Waals surface area contributed by atoms with Crippen LogP contribution in [-0.2, 0) is 18.5 Å². The Bertz CT molecular complexity index is 1180. The van der Waals surface area contributed by atoms with Gasteiger partial charge in [0.25, 0.3) is 0 Å². The molecule has 1 aromatic carbocycles. The fourth-order valence-electron chi connectivity index (χ4n) is 3.28. The average molecular weight is 439 g/mol. The minimum Gasteiger partial charge on any atom is -0.456 e. The van der Waals surface area contributed by atoms with Crippen LogP contribution < -0.4 is 4.74 Å². The Hall–Kier alpha value is -2.97. The van der Waals surface area contributed by atoms with Gasteiger partial charge in [0.05, 0.1) is 12.4 Å². The first-order valence-electron chi connectivity index (χ1n) is 10.3. The molecule has 3 heterocycles. The van der Waals surface area contributed by atoms with Crippen molar-refractivity contribution < 1.29 is 13.9 Å². The van der Waals surface area contributed by atoms with E-state index in [0.717, 1.165) is 34.8 Å². The Morgan fingerprint density at radius 2 is 1.81 bits per heavy atom. The molecule has 4 aromatic rings. The lowest BCUT2D eigenvalue weighted by atomic mass is 10.1. The van der Waals surface area contributed by atoms with Crippen molar-refractivity contribution in [3.05, 3.63) is 60.9 Å². The second-order valence-corrected chi connectivity index (χ2v) is 14.5. The van der Waals surface area contributed by atoms with Gasteiger partial charge >= 0.3 is 0 Å². The number of rotatable bonds is 8. The van der Waals surface area contributed by atoms with Crippen LogP contribution in [-0.4, -0.2) is 34.0 Å². The molecule has 6 nitrogen and oxygen atoms in total. The Balaban J connectivity index is 1.64. The van der Waals surface area contributed by atoms with Crippen LogP contribution in [0.1, 0.15) is 0 Å². The zero-order valence-corrected chi connectivity index (χ0v) is 19.3. The van der Waals surface area contributed by atoms with Gasteiger partial charge in [0.2, 0.25) is 0 Å². The van der Waals surface area contributed by atoms with Crippen LogP contribution in [0, 0.1) is 5.82 Å². The maximum absolute atomic E-state index is 13.2. The molecule has 0 atom stereocenters. The van der Waals surface area contributed by atoms with Crippen molar-refractivity contribution in [2.75, 3.05) is 6.61 Å². The van der Waals surface area contributed by atoms with Gasteiger partial charge in [-0.2, -0.15) is 5.10 Å². The summed E-state index contributed by atoms with van der Waals surface area (Å²) in [5.41, 5.74) is 2.82. The molecule has 0 radical (unpaired) electrons. The smallest absolute Gasteiger partial charge is 0.146 e. The van der Waals surface area contributed by atoms with Gasteiger partial charge in [-0.1, -0.05) is 19.6 Å². The number of aryl methyl sites for hydroxylation is 1. The number of fused-ring (bicyclic) bond motifs is 1. The summed E-state index contributed by atoms with van der Waals surface area (Å²) >= 11 is 0. The SMILES string of the molecule is Cn1cc(-c2cn(COCC[Si](C)(C)C)c3ncc(Oc4ccc(F)cc4)cc23)cn1. The van der Waals surface area contributed by atoms with E-state index in [9.17, 15) is 4.39 Å². The maximum Gasteiger partial charge on any atom is 0.146 e. The van der Waals surface area contributed by atoms with Crippen LogP contribution in [0.15, 0.2) is 55.1 Å². The van der Waals surface area contributed by atoms with E-state index in [-0.39, 0.29) is 5.82 Å². The van der Waals surface area contributed by atoms with Crippen LogP contribution >= 0.6 is 0 Å². The van der Waals surface area contributed by atoms with Gasteiger partial charge in [0, 0.05) is 50.6 Å². The van der Waals surface area contributed by atoms with Crippen LogP contribution in [0.2, 0.25) is 25.7 Å². The van der Waals surface area contributed by atoms with Gasteiger partial charge in [0.1, 0.15) is 29.7 Å². The van der Waals surface area contributed by atoms with Crippen molar-refractivity contribution in [1.82, 2.24) is 19.3 Å². The number of halogens is 1. The predicted octanol–water partition coefficient (Wildman–Crippen LogP) is 5.68. The molecular weight excluding hydrogens is 411 g/mol. The summed E-state index contributed by atoms with van der Waals surface area (Å²) in [4.78, 5) is 4.64. The second-order valence-electron chi connectivity index (χ2n) is 8.86. The largest absolute Gasteiger partial charge is 0.456 e. The van der Waals surface area contributed by atoms with Gasteiger partial charge in [0.15, 0.2) is 0 Å². The average Bonchev–Trinajstić information content (AvgIpc) is 3.30. The molecule has 0 aliphatic rings. The molecule has 3 aromatic heterocycles. The highest BCUT2D eigenvalue weighted by molar-refractivity contribution is 6.76. The first kappa shape index (κ1) is 21.3. The molecule has 0 unspecified atom stereocenters. The van der Waals surface area contributed by atoms with Crippen molar-refractivity contribution in [2.45, 2.75) is 32.4 Å². The molecule has 8 heteroatoms. The molecule has 4 rings (SSSR count). The molecule has 0 saturated heterocycles. The van der Waals surface area contributed by atoms with Crippen molar-refractivity contribution >= 4 is 19.1 Å². The Labute approximate surface area is 182 Å². The lowest BCUT2D eigenvalue weighted by Gasteiger charge is -2.15. The van der Waals surface area contributed by atoms with Crippen molar-refractivity contribution in [2.24, 2.45) is 7.05 Å². The Kier molecular flexibility index (Phi) is 5.93. The lowest BCUT2D eigenvalue weighted by Crippen LogP contribution is -2.22. The topological polar surface area (TPSA) is 54.1 Å². The normalized spacial score (nSPS) is 11.9.